The van der Waals surface area contributed by atoms with Crippen LogP contribution in [0.3, 0.4) is 0 Å². The number of rotatable bonds is 14. The van der Waals surface area contributed by atoms with Crippen molar-refractivity contribution in [3.63, 3.8) is 0 Å². The van der Waals surface area contributed by atoms with E-state index >= 15 is 0 Å². The molecule has 42 heavy (non-hydrogen) atoms. The van der Waals surface area contributed by atoms with Crippen LogP contribution in [-0.4, -0.2) is 68.3 Å². The van der Waals surface area contributed by atoms with Gasteiger partial charge in [-0.25, -0.2) is 0 Å². The van der Waals surface area contributed by atoms with E-state index in [0.29, 0.717) is 24.6 Å². The van der Waals surface area contributed by atoms with Crippen LogP contribution in [0.4, 0.5) is 0 Å². The first-order chi connectivity index (χ1) is 20.3. The van der Waals surface area contributed by atoms with Crippen LogP contribution in [0.25, 0.3) is 11.1 Å². The predicted octanol–water partition coefficient (Wildman–Crippen LogP) is 5.51. The minimum atomic E-state index is -0.736. The van der Waals surface area contributed by atoms with Crippen LogP contribution in [0, 0.1) is 5.92 Å². The highest BCUT2D eigenvalue weighted by Gasteiger charge is 2.50. The average Bonchev–Trinajstić information content (AvgIpc) is 3.72. The number of hydrogen-bond acceptors (Lipinski definition) is 5. The Bertz CT molecular complexity index is 1260. The standard InChI is InChI=1S/C35H45N3O4/c1-5-30(41-4)19-14-26(2)31-24-35(31,3)36-20-23-42-25-32(34(40)38-21-10-7-11-22-38)37-33(39)29-17-15-28(16-18-29)27-12-8-6-9-13-27/h5-6,8-9,12-19,31-32,36H,2,7,10-11,20-25H2,1,3-4H3,(H,37,39)/b19-14-,30-5+/t31-,32-,35?/m0/s1. The molecule has 2 amide bonds. The Balaban J connectivity index is 1.29. The van der Waals surface area contributed by atoms with Crippen LogP contribution in [0.1, 0.15) is 49.9 Å². The molecular weight excluding hydrogens is 526 g/mol. The lowest BCUT2D eigenvalue weighted by atomic mass is 10.0. The fourth-order valence-corrected chi connectivity index (χ4v) is 5.49. The van der Waals surface area contributed by atoms with Crippen molar-refractivity contribution < 1.29 is 19.1 Å². The van der Waals surface area contributed by atoms with Crippen molar-refractivity contribution in [2.75, 3.05) is 40.0 Å². The minimum absolute atomic E-state index is 0.0307. The van der Waals surface area contributed by atoms with Crippen LogP contribution in [0.15, 0.2) is 90.7 Å². The molecule has 1 saturated heterocycles. The summed E-state index contributed by atoms with van der Waals surface area (Å²) < 4.78 is 11.3. The van der Waals surface area contributed by atoms with Gasteiger partial charge in [0.05, 0.1) is 20.3 Å². The maximum Gasteiger partial charge on any atom is 0.251 e. The van der Waals surface area contributed by atoms with Gasteiger partial charge in [0.2, 0.25) is 5.91 Å². The molecule has 2 fully saturated rings. The van der Waals surface area contributed by atoms with Crippen LogP contribution < -0.4 is 10.6 Å². The molecule has 0 bridgehead atoms. The number of nitrogens with one attached hydrogen (secondary N) is 2. The number of methoxy groups -OCH3 is 1. The van der Waals surface area contributed by atoms with Crippen LogP contribution in [0.2, 0.25) is 0 Å². The van der Waals surface area contributed by atoms with Gasteiger partial charge in [0.15, 0.2) is 0 Å². The molecular formula is C35H45N3O4. The van der Waals surface area contributed by atoms with E-state index in [1.807, 2.05) is 72.5 Å². The Morgan fingerprint density at radius 1 is 1.05 bits per heavy atom. The van der Waals surface area contributed by atoms with Crippen molar-refractivity contribution in [1.29, 1.82) is 0 Å². The number of carbonyl (C=O) groups excluding carboxylic acids is 2. The van der Waals surface area contributed by atoms with Gasteiger partial charge in [-0.1, -0.05) is 60.7 Å². The molecule has 4 rings (SSSR count). The second-order valence-electron chi connectivity index (χ2n) is 11.3. The summed E-state index contributed by atoms with van der Waals surface area (Å²) in [5, 5.41) is 6.54. The maximum atomic E-state index is 13.4. The van der Waals surface area contributed by atoms with Gasteiger partial charge < -0.3 is 25.0 Å². The van der Waals surface area contributed by atoms with Gasteiger partial charge in [-0.3, -0.25) is 9.59 Å². The topological polar surface area (TPSA) is 79.9 Å². The first-order valence-electron chi connectivity index (χ1n) is 15.0. The van der Waals surface area contributed by atoms with Crippen molar-refractivity contribution in [3.05, 3.63) is 96.3 Å². The maximum absolute atomic E-state index is 13.4. The monoisotopic (exact) mass is 571 g/mol. The normalized spacial score (nSPS) is 21.2. The van der Waals surface area contributed by atoms with E-state index in [9.17, 15) is 9.59 Å². The van der Waals surface area contributed by atoms with E-state index in [-0.39, 0.29) is 24.0 Å². The summed E-state index contributed by atoms with van der Waals surface area (Å²) in [4.78, 5) is 28.4. The summed E-state index contributed by atoms with van der Waals surface area (Å²) in [7, 11) is 1.66. The highest BCUT2D eigenvalue weighted by molar-refractivity contribution is 5.98. The number of piperidine rings is 1. The lowest BCUT2D eigenvalue weighted by Crippen LogP contribution is -2.52. The fourth-order valence-electron chi connectivity index (χ4n) is 5.49. The average molecular weight is 572 g/mol. The third-order valence-electron chi connectivity index (χ3n) is 8.25. The summed E-state index contributed by atoms with van der Waals surface area (Å²) in [6, 6.07) is 16.8. The SMILES string of the molecule is C=C(/C=C\C(=C/C)OC)[C@@H]1CC1(C)NCCOC[C@H](NC(=O)c1ccc(-c2ccccc2)cc1)C(=O)N1CCCCC1. The van der Waals surface area contributed by atoms with Crippen molar-refractivity contribution in [2.24, 2.45) is 5.92 Å². The second kappa shape index (κ2) is 15.0. The molecule has 2 aromatic carbocycles. The zero-order chi connectivity index (χ0) is 30.0. The van der Waals surface area contributed by atoms with Gasteiger partial charge in [-0.2, -0.15) is 0 Å². The number of amides is 2. The summed E-state index contributed by atoms with van der Waals surface area (Å²) in [6.07, 6.45) is 9.97. The van der Waals surface area contributed by atoms with E-state index in [0.717, 1.165) is 61.2 Å². The van der Waals surface area contributed by atoms with E-state index in [1.54, 1.807) is 19.2 Å². The van der Waals surface area contributed by atoms with Gasteiger partial charge in [0, 0.05) is 36.7 Å². The first kappa shape index (κ1) is 31.3. The van der Waals surface area contributed by atoms with Crippen LogP contribution in [0.5, 0.6) is 0 Å². The van der Waals surface area contributed by atoms with E-state index in [2.05, 4.69) is 24.1 Å². The molecule has 3 atom stereocenters. The first-order valence-corrected chi connectivity index (χ1v) is 15.0. The Morgan fingerprint density at radius 3 is 2.40 bits per heavy atom. The molecule has 1 heterocycles. The molecule has 2 aliphatic rings. The summed E-state index contributed by atoms with van der Waals surface area (Å²) in [6.45, 7) is 11.0. The zero-order valence-corrected chi connectivity index (χ0v) is 25.2. The van der Waals surface area contributed by atoms with Crippen molar-refractivity contribution >= 4 is 11.8 Å². The van der Waals surface area contributed by atoms with Gasteiger partial charge >= 0.3 is 0 Å². The zero-order valence-electron chi connectivity index (χ0n) is 25.2. The van der Waals surface area contributed by atoms with Gasteiger partial charge in [-0.15, -0.1) is 0 Å². The van der Waals surface area contributed by atoms with E-state index in [1.165, 1.54) is 0 Å². The van der Waals surface area contributed by atoms with Gasteiger partial charge in [-0.05, 0) is 74.9 Å². The number of carbonyl (C=O) groups is 2. The third-order valence-corrected chi connectivity index (χ3v) is 8.25. The molecule has 1 aliphatic heterocycles. The number of hydrogen-bond donors (Lipinski definition) is 2. The Labute approximate surface area is 250 Å². The summed E-state index contributed by atoms with van der Waals surface area (Å²) in [5.41, 5.74) is 3.67. The van der Waals surface area contributed by atoms with E-state index in [4.69, 9.17) is 9.47 Å². The highest BCUT2D eigenvalue weighted by atomic mass is 16.5. The molecule has 224 valence electrons. The highest BCUT2D eigenvalue weighted by Crippen LogP contribution is 2.47. The minimum Gasteiger partial charge on any atom is -0.497 e. The van der Waals surface area contributed by atoms with Crippen molar-refractivity contribution in [3.8, 4) is 11.1 Å². The Morgan fingerprint density at radius 2 is 1.74 bits per heavy atom. The molecule has 0 spiro atoms. The molecule has 2 aromatic rings. The number of benzene rings is 2. The molecule has 0 aromatic heterocycles. The van der Waals surface area contributed by atoms with Crippen LogP contribution >= 0.6 is 0 Å². The molecule has 7 heteroatoms. The lowest BCUT2D eigenvalue weighted by molar-refractivity contribution is -0.135. The molecule has 7 nitrogen and oxygen atoms in total. The quantitative estimate of drug-likeness (QED) is 0.178. The molecule has 2 N–H and O–H groups in total. The van der Waals surface area contributed by atoms with Gasteiger partial charge in [0.1, 0.15) is 11.8 Å². The lowest BCUT2D eigenvalue weighted by Gasteiger charge is -2.30. The predicted molar refractivity (Wildman–Crippen MR) is 168 cm³/mol. The number of nitrogens with zero attached hydrogens (tertiary/aromatic N) is 1. The second-order valence-corrected chi connectivity index (χ2v) is 11.3. The van der Waals surface area contributed by atoms with Crippen molar-refractivity contribution in [1.82, 2.24) is 15.5 Å². The van der Waals surface area contributed by atoms with Crippen LogP contribution in [-0.2, 0) is 14.3 Å². The largest absolute Gasteiger partial charge is 0.497 e. The number of likely N-dealkylation sites (tertiary alicyclic amines) is 1. The molecule has 0 radical (unpaired) electrons. The molecule has 1 aliphatic carbocycles. The Hall–Kier alpha value is -3.68. The number of allylic oxidation sites excluding steroid dienone is 3. The fraction of sp³-hybridized carbons (Fsp3) is 0.429. The Kier molecular flexibility index (Phi) is 11.2. The van der Waals surface area contributed by atoms with Gasteiger partial charge in [0.25, 0.3) is 5.91 Å². The molecule has 1 saturated carbocycles. The van der Waals surface area contributed by atoms with Crippen molar-refractivity contribution in [2.45, 2.75) is 51.1 Å². The number of ether oxygens (including phenoxy) is 2. The summed E-state index contributed by atoms with van der Waals surface area (Å²) in [5.74, 6) is 0.807. The van der Waals surface area contributed by atoms with E-state index < -0.39 is 6.04 Å². The molecule has 1 unspecified atom stereocenters. The summed E-state index contributed by atoms with van der Waals surface area (Å²) >= 11 is 0. The smallest absolute Gasteiger partial charge is 0.251 e. The third kappa shape index (κ3) is 8.43.